The number of benzene rings is 2. The Bertz CT molecular complexity index is 843. The van der Waals surface area contributed by atoms with Crippen LogP contribution in [0.4, 0.5) is 0 Å². The first kappa shape index (κ1) is 27.5. The maximum Gasteiger partial charge on any atom is -0.0253 e. The molecule has 0 saturated carbocycles. The van der Waals surface area contributed by atoms with E-state index in [0.717, 1.165) is 6.42 Å². The molecule has 4 rings (SSSR count). The van der Waals surface area contributed by atoms with Crippen molar-refractivity contribution in [2.45, 2.75) is 47.2 Å². The summed E-state index contributed by atoms with van der Waals surface area (Å²) in [7, 11) is 0. The van der Waals surface area contributed by atoms with Crippen molar-refractivity contribution >= 4 is 5.43 Å². The van der Waals surface area contributed by atoms with E-state index in [9.17, 15) is 0 Å². The van der Waals surface area contributed by atoms with Crippen molar-refractivity contribution < 1.29 is 48.1 Å². The number of hydrogen-bond acceptors (Lipinski definition) is 0. The Kier molecular flexibility index (Phi) is 12.7. The molecule has 0 nitrogen and oxygen atoms in total. The molecule has 1 aliphatic carbocycles. The summed E-state index contributed by atoms with van der Waals surface area (Å²) in [4.78, 5) is 0. The van der Waals surface area contributed by atoms with Crippen LogP contribution in [0.3, 0.4) is 0 Å². The SMILES string of the molecule is C[Si](C)=[Zr+2].Cc1c[c-](C)c(C)c1C.[Cl-].[Cl-].[c-]1cccc2c1Cc1ccccc1-2. The van der Waals surface area contributed by atoms with Gasteiger partial charge in [-0.1, -0.05) is 63.1 Å². The second-order valence-corrected chi connectivity index (χ2v) is 16.5. The second kappa shape index (κ2) is 12.9. The van der Waals surface area contributed by atoms with Gasteiger partial charge in [-0.05, 0) is 6.42 Å². The fraction of sp³-hybridized carbons (Fsp3) is 0.292. The zero-order valence-corrected chi connectivity index (χ0v) is 22.6. The van der Waals surface area contributed by atoms with Crippen LogP contribution in [0.2, 0.25) is 13.1 Å². The van der Waals surface area contributed by atoms with Crippen LogP contribution in [0.15, 0.2) is 48.5 Å². The zero-order chi connectivity index (χ0) is 19.3. The van der Waals surface area contributed by atoms with Gasteiger partial charge in [-0.15, -0.1) is 5.56 Å². The minimum atomic E-state index is 0. The molecule has 0 N–H and O–H groups in total. The van der Waals surface area contributed by atoms with Gasteiger partial charge in [0.2, 0.25) is 0 Å². The van der Waals surface area contributed by atoms with Gasteiger partial charge in [-0.25, -0.2) is 0 Å². The Morgan fingerprint density at radius 2 is 1.54 bits per heavy atom. The van der Waals surface area contributed by atoms with Gasteiger partial charge in [0.15, 0.2) is 0 Å². The largest absolute Gasteiger partial charge is 1.00 e. The molecule has 0 spiro atoms. The Morgan fingerprint density at radius 3 is 2.04 bits per heavy atom. The third-order valence-electron chi connectivity index (χ3n) is 4.80. The normalized spacial score (nSPS) is 10.0. The fourth-order valence-corrected chi connectivity index (χ4v) is 3.13. The van der Waals surface area contributed by atoms with Gasteiger partial charge < -0.3 is 24.8 Å². The summed E-state index contributed by atoms with van der Waals surface area (Å²) in [5, 5.41) is 0. The zero-order valence-electron chi connectivity index (χ0n) is 17.6. The van der Waals surface area contributed by atoms with Gasteiger partial charge in [0.25, 0.3) is 0 Å². The first-order valence-corrected chi connectivity index (χ1v) is 15.3. The van der Waals surface area contributed by atoms with Crippen LogP contribution in [-0.4, -0.2) is 5.43 Å². The Hall–Kier alpha value is -0.530. The van der Waals surface area contributed by atoms with E-state index in [0.29, 0.717) is 0 Å². The number of halogens is 2. The molecule has 0 fully saturated rings. The van der Waals surface area contributed by atoms with Crippen molar-refractivity contribution in [2.24, 2.45) is 0 Å². The predicted molar refractivity (Wildman–Crippen MR) is 112 cm³/mol. The van der Waals surface area contributed by atoms with Gasteiger partial charge in [0, 0.05) is 0 Å². The number of aryl methyl sites for hydroxylation is 2. The molecule has 0 bridgehead atoms. The molecule has 28 heavy (non-hydrogen) atoms. The summed E-state index contributed by atoms with van der Waals surface area (Å²) < 4.78 is 0. The third kappa shape index (κ3) is 7.38. The van der Waals surface area contributed by atoms with E-state index in [1.165, 1.54) is 44.5 Å². The molecule has 0 saturated heterocycles. The quantitative estimate of drug-likeness (QED) is 0.241. The second-order valence-electron chi connectivity index (χ2n) is 7.16. The topological polar surface area (TPSA) is 0 Å². The van der Waals surface area contributed by atoms with E-state index in [4.69, 9.17) is 0 Å². The maximum absolute atomic E-state index is 3.30. The Morgan fingerprint density at radius 1 is 0.964 bits per heavy atom. The molecule has 0 aliphatic heterocycles. The van der Waals surface area contributed by atoms with E-state index in [1.807, 2.05) is 6.07 Å². The van der Waals surface area contributed by atoms with Gasteiger partial charge >= 0.3 is 41.9 Å². The van der Waals surface area contributed by atoms with Crippen LogP contribution >= 0.6 is 0 Å². The molecule has 0 atom stereocenters. The van der Waals surface area contributed by atoms with E-state index in [-0.39, 0.29) is 30.2 Å². The van der Waals surface area contributed by atoms with Crippen molar-refractivity contribution in [2.75, 3.05) is 0 Å². The molecule has 0 radical (unpaired) electrons. The van der Waals surface area contributed by atoms with Crippen molar-refractivity contribution in [1.29, 1.82) is 0 Å². The van der Waals surface area contributed by atoms with Crippen LogP contribution in [0, 0.1) is 33.8 Å². The molecule has 0 amide bonds. The van der Waals surface area contributed by atoms with E-state index >= 15 is 0 Å². The summed E-state index contributed by atoms with van der Waals surface area (Å²) in [6.07, 6.45) is 1.05. The first-order valence-electron chi connectivity index (χ1n) is 9.11. The van der Waals surface area contributed by atoms with Crippen molar-refractivity contribution in [3.05, 3.63) is 88.0 Å². The third-order valence-corrected chi connectivity index (χ3v) is 4.80. The molecule has 0 unspecified atom stereocenters. The Labute approximate surface area is 198 Å². The van der Waals surface area contributed by atoms with E-state index < -0.39 is 0 Å². The summed E-state index contributed by atoms with van der Waals surface area (Å²) in [6, 6.07) is 20.3. The van der Waals surface area contributed by atoms with Gasteiger partial charge in [-0.2, -0.15) is 58.1 Å². The molecular weight excluding hydrogens is 478 g/mol. The number of fused-ring (bicyclic) bond motifs is 3. The average Bonchev–Trinajstić information content (AvgIpc) is 3.08. The fourth-order valence-electron chi connectivity index (χ4n) is 3.13. The summed E-state index contributed by atoms with van der Waals surface area (Å²) in [5.74, 6) is 0. The van der Waals surface area contributed by atoms with Crippen molar-refractivity contribution in [1.82, 2.24) is 0 Å². The number of hydrogen-bond donors (Lipinski definition) is 0. The van der Waals surface area contributed by atoms with Crippen molar-refractivity contribution in [3.63, 3.8) is 0 Å². The average molecular weight is 507 g/mol. The monoisotopic (exact) mass is 504 g/mol. The molecule has 1 aliphatic rings. The van der Waals surface area contributed by atoms with E-state index in [2.05, 4.69) is 89.3 Å². The summed E-state index contributed by atoms with van der Waals surface area (Å²) in [6.45, 7) is 13.3. The van der Waals surface area contributed by atoms with Crippen LogP contribution in [0.1, 0.15) is 33.4 Å². The molecule has 3 aromatic rings. The molecular formula is C24H28Cl2SiZr-2. The molecule has 0 aromatic heterocycles. The van der Waals surface area contributed by atoms with Gasteiger partial charge in [0.1, 0.15) is 0 Å². The smallest absolute Gasteiger partial charge is 0.0253 e. The summed E-state index contributed by atoms with van der Waals surface area (Å²) in [5.41, 5.74) is 11.5. The minimum absolute atomic E-state index is 0. The predicted octanol–water partition coefficient (Wildman–Crippen LogP) is 0.489. The van der Waals surface area contributed by atoms with Crippen LogP contribution in [0.5, 0.6) is 0 Å². The van der Waals surface area contributed by atoms with Gasteiger partial charge in [-0.3, -0.25) is 0 Å². The Balaban J connectivity index is 0.000000432. The number of rotatable bonds is 0. The maximum atomic E-state index is 3.30. The minimum Gasteiger partial charge on any atom is -1.00 e. The molecule has 148 valence electrons. The van der Waals surface area contributed by atoms with Crippen LogP contribution in [0.25, 0.3) is 11.1 Å². The van der Waals surface area contributed by atoms with Crippen LogP contribution in [-0.2, 0) is 29.8 Å². The van der Waals surface area contributed by atoms with Crippen LogP contribution < -0.4 is 24.8 Å². The first-order chi connectivity index (χ1) is 12.3. The molecule has 4 heteroatoms. The standard InChI is InChI=1S/C13H9.C9H13.C2H6Si.2ClH.Zr/c1-3-7-12-10(5-1)9-11-6-2-4-8-13(11)12;1-6-5-7(2)9(4)8(6)3;1-3-2;;;/h1-5,7-8H,9H2;5H,1-4H3;1-2H3;2*1H;/q2*-1;;;;+2/p-2. The molecule has 0 heterocycles. The van der Waals surface area contributed by atoms with E-state index in [1.54, 1.807) is 23.3 Å². The summed E-state index contributed by atoms with van der Waals surface area (Å²) >= 11 is 1.74. The van der Waals surface area contributed by atoms with Gasteiger partial charge in [0.05, 0.1) is 0 Å². The molecule has 3 aromatic carbocycles. The van der Waals surface area contributed by atoms with Crippen molar-refractivity contribution in [3.8, 4) is 11.1 Å².